The number of halogens is 1. The molecular formula is C18H18ClN3O. The maximum Gasteiger partial charge on any atom is 0.144 e. The standard InChI is InChI=1S/C18H18ClN3O/c1-23-18-5-3-2-4-16(18)22-17(12-15(21-22)10-11-20)13-6-8-14(19)9-7-13/h2-9,12H,10-11,20H2,1H3. The largest absolute Gasteiger partial charge is 0.494 e. The molecule has 0 aliphatic carbocycles. The topological polar surface area (TPSA) is 53.1 Å². The Morgan fingerprint density at radius 1 is 1.13 bits per heavy atom. The first-order chi connectivity index (χ1) is 11.2. The van der Waals surface area contributed by atoms with E-state index in [4.69, 9.17) is 27.2 Å². The van der Waals surface area contributed by atoms with Crippen LogP contribution in [0.15, 0.2) is 54.6 Å². The second-order valence-corrected chi connectivity index (χ2v) is 5.59. The second kappa shape index (κ2) is 6.86. The van der Waals surface area contributed by atoms with E-state index < -0.39 is 0 Å². The zero-order valence-electron chi connectivity index (χ0n) is 12.9. The van der Waals surface area contributed by atoms with Gasteiger partial charge in [-0.2, -0.15) is 5.10 Å². The molecule has 0 bridgehead atoms. The highest BCUT2D eigenvalue weighted by molar-refractivity contribution is 6.30. The predicted octanol–water partition coefficient (Wildman–Crippen LogP) is 3.70. The van der Waals surface area contributed by atoms with Crippen LogP contribution in [-0.4, -0.2) is 23.4 Å². The summed E-state index contributed by atoms with van der Waals surface area (Å²) in [7, 11) is 1.66. The molecule has 0 amide bonds. The Morgan fingerprint density at radius 3 is 2.57 bits per heavy atom. The van der Waals surface area contributed by atoms with Crippen molar-refractivity contribution in [3.8, 4) is 22.7 Å². The molecule has 3 aromatic rings. The van der Waals surface area contributed by atoms with Crippen molar-refractivity contribution in [1.29, 1.82) is 0 Å². The fraction of sp³-hybridized carbons (Fsp3) is 0.167. The molecule has 0 saturated carbocycles. The number of hydrogen-bond acceptors (Lipinski definition) is 3. The third-order valence-electron chi connectivity index (χ3n) is 3.61. The average molecular weight is 328 g/mol. The average Bonchev–Trinajstić information content (AvgIpc) is 2.99. The van der Waals surface area contributed by atoms with Crippen molar-refractivity contribution in [1.82, 2.24) is 9.78 Å². The maximum atomic E-state index is 6.00. The monoisotopic (exact) mass is 327 g/mol. The first kappa shape index (κ1) is 15.6. The number of nitrogens with two attached hydrogens (primary N) is 1. The zero-order chi connectivity index (χ0) is 16.2. The summed E-state index contributed by atoms with van der Waals surface area (Å²) in [4.78, 5) is 0. The number of nitrogens with zero attached hydrogens (tertiary/aromatic N) is 2. The van der Waals surface area contributed by atoms with E-state index in [1.54, 1.807) is 7.11 Å². The first-order valence-electron chi connectivity index (χ1n) is 7.41. The normalized spacial score (nSPS) is 10.7. The van der Waals surface area contributed by atoms with Crippen molar-refractivity contribution in [2.45, 2.75) is 6.42 Å². The summed E-state index contributed by atoms with van der Waals surface area (Å²) >= 11 is 6.00. The van der Waals surface area contributed by atoms with Crippen LogP contribution in [0, 0.1) is 0 Å². The van der Waals surface area contributed by atoms with Crippen LogP contribution in [0.4, 0.5) is 0 Å². The lowest BCUT2D eigenvalue weighted by atomic mass is 10.1. The first-order valence-corrected chi connectivity index (χ1v) is 7.79. The summed E-state index contributed by atoms with van der Waals surface area (Å²) in [6, 6.07) is 17.6. The maximum absolute atomic E-state index is 6.00. The minimum absolute atomic E-state index is 0.559. The van der Waals surface area contributed by atoms with Gasteiger partial charge in [-0.3, -0.25) is 0 Å². The van der Waals surface area contributed by atoms with Crippen LogP contribution in [0.1, 0.15) is 5.69 Å². The number of hydrogen-bond donors (Lipinski definition) is 1. The SMILES string of the molecule is COc1ccccc1-n1nc(CCN)cc1-c1ccc(Cl)cc1. The Kier molecular flexibility index (Phi) is 4.65. The number of aromatic nitrogens is 2. The fourth-order valence-electron chi connectivity index (χ4n) is 2.51. The minimum atomic E-state index is 0.559. The molecule has 0 unspecified atom stereocenters. The number of methoxy groups -OCH3 is 1. The van der Waals surface area contributed by atoms with Crippen molar-refractivity contribution >= 4 is 11.6 Å². The van der Waals surface area contributed by atoms with Gasteiger partial charge in [0.25, 0.3) is 0 Å². The Hall–Kier alpha value is -2.30. The van der Waals surface area contributed by atoms with Crippen LogP contribution in [0.2, 0.25) is 5.02 Å². The van der Waals surface area contributed by atoms with Gasteiger partial charge in [-0.1, -0.05) is 35.9 Å². The highest BCUT2D eigenvalue weighted by Gasteiger charge is 2.14. The molecule has 3 rings (SSSR count). The summed E-state index contributed by atoms with van der Waals surface area (Å²) in [5, 5.41) is 5.41. The van der Waals surface area contributed by atoms with E-state index in [9.17, 15) is 0 Å². The van der Waals surface area contributed by atoms with Crippen molar-refractivity contribution < 1.29 is 4.74 Å². The second-order valence-electron chi connectivity index (χ2n) is 5.15. The molecule has 0 saturated heterocycles. The molecule has 2 N–H and O–H groups in total. The van der Waals surface area contributed by atoms with Gasteiger partial charge in [0.05, 0.1) is 18.5 Å². The Balaban J connectivity index is 2.16. The van der Waals surface area contributed by atoms with Gasteiger partial charge in [0.15, 0.2) is 0 Å². The van der Waals surface area contributed by atoms with E-state index in [0.29, 0.717) is 11.6 Å². The molecule has 1 aromatic heterocycles. The van der Waals surface area contributed by atoms with Gasteiger partial charge in [-0.25, -0.2) is 4.68 Å². The summed E-state index contributed by atoms with van der Waals surface area (Å²) in [5.74, 6) is 0.769. The van der Waals surface area contributed by atoms with Crippen molar-refractivity contribution in [3.63, 3.8) is 0 Å². The molecule has 5 heteroatoms. The summed E-state index contributed by atoms with van der Waals surface area (Å²) in [6.45, 7) is 0.559. The van der Waals surface area contributed by atoms with Crippen LogP contribution < -0.4 is 10.5 Å². The van der Waals surface area contributed by atoms with Crippen LogP contribution >= 0.6 is 11.6 Å². The lowest BCUT2D eigenvalue weighted by molar-refractivity contribution is 0.412. The third-order valence-corrected chi connectivity index (χ3v) is 3.87. The molecule has 1 heterocycles. The highest BCUT2D eigenvalue weighted by atomic mass is 35.5. The smallest absolute Gasteiger partial charge is 0.144 e. The molecule has 0 atom stereocenters. The van der Waals surface area contributed by atoms with Crippen molar-refractivity contribution in [2.75, 3.05) is 13.7 Å². The van der Waals surface area contributed by atoms with Gasteiger partial charge in [-0.05, 0) is 36.9 Å². The summed E-state index contributed by atoms with van der Waals surface area (Å²) in [5.41, 5.74) is 9.54. The van der Waals surface area contributed by atoms with Gasteiger partial charge in [0, 0.05) is 17.0 Å². The van der Waals surface area contributed by atoms with Crippen LogP contribution in [-0.2, 0) is 6.42 Å². The predicted molar refractivity (Wildman–Crippen MR) is 93.3 cm³/mol. The number of ether oxygens (including phenoxy) is 1. The molecule has 0 aliphatic rings. The Bertz CT molecular complexity index is 796. The Morgan fingerprint density at radius 2 is 1.87 bits per heavy atom. The molecule has 0 aliphatic heterocycles. The molecule has 23 heavy (non-hydrogen) atoms. The van der Waals surface area contributed by atoms with Gasteiger partial charge in [-0.15, -0.1) is 0 Å². The molecule has 0 fully saturated rings. The van der Waals surface area contributed by atoms with E-state index in [0.717, 1.165) is 34.8 Å². The summed E-state index contributed by atoms with van der Waals surface area (Å²) < 4.78 is 7.37. The molecule has 0 spiro atoms. The van der Waals surface area contributed by atoms with Crippen LogP contribution in [0.25, 0.3) is 16.9 Å². The number of para-hydroxylation sites is 2. The van der Waals surface area contributed by atoms with Gasteiger partial charge < -0.3 is 10.5 Å². The molecule has 2 aromatic carbocycles. The quantitative estimate of drug-likeness (QED) is 0.777. The fourth-order valence-corrected chi connectivity index (χ4v) is 2.64. The van der Waals surface area contributed by atoms with Crippen molar-refractivity contribution in [3.05, 3.63) is 65.3 Å². The lowest BCUT2D eigenvalue weighted by Gasteiger charge is -2.11. The lowest BCUT2D eigenvalue weighted by Crippen LogP contribution is -2.05. The van der Waals surface area contributed by atoms with E-state index >= 15 is 0 Å². The highest BCUT2D eigenvalue weighted by Crippen LogP contribution is 2.29. The van der Waals surface area contributed by atoms with Gasteiger partial charge in [0.2, 0.25) is 0 Å². The molecular weight excluding hydrogens is 310 g/mol. The minimum Gasteiger partial charge on any atom is -0.494 e. The molecule has 0 radical (unpaired) electrons. The summed E-state index contributed by atoms with van der Waals surface area (Å²) in [6.07, 6.45) is 0.725. The third kappa shape index (κ3) is 3.23. The van der Waals surface area contributed by atoms with Crippen molar-refractivity contribution in [2.24, 2.45) is 5.73 Å². The number of rotatable bonds is 5. The van der Waals surface area contributed by atoms with Crippen LogP contribution in [0.5, 0.6) is 5.75 Å². The van der Waals surface area contributed by atoms with Crippen LogP contribution in [0.3, 0.4) is 0 Å². The van der Waals surface area contributed by atoms with E-state index in [1.807, 2.05) is 53.2 Å². The van der Waals surface area contributed by atoms with E-state index in [1.165, 1.54) is 0 Å². The van der Waals surface area contributed by atoms with Gasteiger partial charge >= 0.3 is 0 Å². The number of benzene rings is 2. The van der Waals surface area contributed by atoms with E-state index in [2.05, 4.69) is 6.07 Å². The zero-order valence-corrected chi connectivity index (χ0v) is 13.6. The van der Waals surface area contributed by atoms with E-state index in [-0.39, 0.29) is 0 Å². The van der Waals surface area contributed by atoms with Gasteiger partial charge in [0.1, 0.15) is 11.4 Å². The molecule has 4 nitrogen and oxygen atoms in total. The molecule has 118 valence electrons. The Labute approximate surface area is 140 Å².